The van der Waals surface area contributed by atoms with E-state index in [1.807, 2.05) is 13.0 Å². The average molecular weight is 258 g/mol. The molecule has 1 aromatic carbocycles. The maximum absolute atomic E-state index is 11.7. The molecule has 0 unspecified atom stereocenters. The van der Waals surface area contributed by atoms with Crippen molar-refractivity contribution < 1.29 is 14.3 Å². The van der Waals surface area contributed by atoms with E-state index >= 15 is 0 Å². The van der Waals surface area contributed by atoms with E-state index in [4.69, 9.17) is 9.52 Å². The van der Waals surface area contributed by atoms with Crippen LogP contribution in [0.4, 0.5) is 0 Å². The van der Waals surface area contributed by atoms with Gasteiger partial charge in [0.25, 0.3) is 5.91 Å². The molecule has 2 N–H and O–H groups in total. The number of nitrogens with zero attached hydrogens (tertiary/aromatic N) is 1. The molecule has 0 fully saturated rings. The maximum atomic E-state index is 11.7. The second kappa shape index (κ2) is 5.86. The molecule has 1 amide bonds. The summed E-state index contributed by atoms with van der Waals surface area (Å²) in [5, 5.41) is 12.9. The molecule has 2 aromatic rings. The van der Waals surface area contributed by atoms with Gasteiger partial charge >= 0.3 is 0 Å². The molecule has 0 spiro atoms. The Bertz CT molecular complexity index is 585. The van der Waals surface area contributed by atoms with E-state index < -0.39 is 0 Å². The molecule has 0 bridgehead atoms. The Morgan fingerprint density at radius 1 is 1.32 bits per heavy atom. The minimum Gasteiger partial charge on any atom is -0.508 e. The van der Waals surface area contributed by atoms with Gasteiger partial charge in [-0.2, -0.15) is 5.10 Å². The summed E-state index contributed by atoms with van der Waals surface area (Å²) in [6.45, 7) is 1.99. The molecular formula is C14H14N2O3. The summed E-state index contributed by atoms with van der Waals surface area (Å²) in [7, 11) is 0. The highest BCUT2D eigenvalue weighted by atomic mass is 16.3. The molecule has 5 nitrogen and oxygen atoms in total. The number of carbonyl (C=O) groups excluding carboxylic acids is 1. The Morgan fingerprint density at radius 2 is 2.05 bits per heavy atom. The molecule has 2 rings (SSSR count). The van der Waals surface area contributed by atoms with Crippen LogP contribution >= 0.6 is 0 Å². The topological polar surface area (TPSA) is 74.8 Å². The molecule has 0 aliphatic carbocycles. The van der Waals surface area contributed by atoms with E-state index in [1.165, 1.54) is 30.5 Å². The third-order valence-corrected chi connectivity index (χ3v) is 2.52. The number of rotatable bonds is 4. The number of phenolic OH excluding ortho intramolecular Hbond substituents is 1. The van der Waals surface area contributed by atoms with Crippen molar-refractivity contribution in [3.05, 3.63) is 53.5 Å². The summed E-state index contributed by atoms with van der Waals surface area (Å²) < 4.78 is 5.40. The number of hydrogen-bond acceptors (Lipinski definition) is 4. The van der Waals surface area contributed by atoms with Gasteiger partial charge in [-0.3, -0.25) is 4.79 Å². The predicted molar refractivity (Wildman–Crippen MR) is 71.3 cm³/mol. The lowest BCUT2D eigenvalue weighted by atomic mass is 10.2. The first-order valence-corrected chi connectivity index (χ1v) is 5.90. The number of nitrogens with one attached hydrogen (secondary N) is 1. The third kappa shape index (κ3) is 3.45. The molecule has 0 radical (unpaired) electrons. The van der Waals surface area contributed by atoms with Crippen LogP contribution in [-0.4, -0.2) is 17.2 Å². The van der Waals surface area contributed by atoms with Gasteiger partial charge in [0, 0.05) is 12.0 Å². The van der Waals surface area contributed by atoms with Crippen LogP contribution in [-0.2, 0) is 6.42 Å². The molecule has 0 aliphatic rings. The minimum absolute atomic E-state index is 0.114. The zero-order valence-electron chi connectivity index (χ0n) is 10.5. The standard InChI is InChI=1S/C14H14N2O3/c1-2-12-7-8-13(19-12)9-15-16-14(18)10-3-5-11(17)6-4-10/h3-9,17H,2H2,1H3,(H,16,18)/b15-9+. The van der Waals surface area contributed by atoms with Crippen LogP contribution < -0.4 is 5.43 Å². The average Bonchev–Trinajstić information content (AvgIpc) is 2.87. The van der Waals surface area contributed by atoms with Crippen molar-refractivity contribution in [1.29, 1.82) is 0 Å². The van der Waals surface area contributed by atoms with Gasteiger partial charge in [0.1, 0.15) is 17.3 Å². The number of aromatic hydroxyl groups is 1. The van der Waals surface area contributed by atoms with Gasteiger partial charge in [0.2, 0.25) is 0 Å². The fraction of sp³-hybridized carbons (Fsp3) is 0.143. The summed E-state index contributed by atoms with van der Waals surface area (Å²) >= 11 is 0. The van der Waals surface area contributed by atoms with E-state index in [9.17, 15) is 4.79 Å². The van der Waals surface area contributed by atoms with E-state index in [2.05, 4.69) is 10.5 Å². The lowest BCUT2D eigenvalue weighted by Gasteiger charge is -1.99. The van der Waals surface area contributed by atoms with Crippen LogP contribution in [0.15, 0.2) is 45.9 Å². The van der Waals surface area contributed by atoms with Gasteiger partial charge in [-0.1, -0.05) is 6.92 Å². The van der Waals surface area contributed by atoms with Crippen LogP contribution in [0.3, 0.4) is 0 Å². The molecular weight excluding hydrogens is 244 g/mol. The lowest BCUT2D eigenvalue weighted by Crippen LogP contribution is -2.17. The van der Waals surface area contributed by atoms with Gasteiger partial charge in [-0.15, -0.1) is 0 Å². The molecule has 0 atom stereocenters. The largest absolute Gasteiger partial charge is 0.508 e. The van der Waals surface area contributed by atoms with Crippen molar-refractivity contribution in [2.24, 2.45) is 5.10 Å². The molecule has 98 valence electrons. The number of hydrazone groups is 1. The highest BCUT2D eigenvalue weighted by molar-refractivity contribution is 5.94. The summed E-state index contributed by atoms with van der Waals surface area (Å²) in [5.41, 5.74) is 2.80. The number of aryl methyl sites for hydroxylation is 1. The molecule has 1 heterocycles. The number of hydrogen-bond donors (Lipinski definition) is 2. The number of carbonyl (C=O) groups is 1. The van der Waals surface area contributed by atoms with Crippen LogP contribution in [0, 0.1) is 0 Å². The van der Waals surface area contributed by atoms with Crippen LogP contribution in [0.25, 0.3) is 0 Å². The van der Waals surface area contributed by atoms with Crippen molar-refractivity contribution in [3.63, 3.8) is 0 Å². The Kier molecular flexibility index (Phi) is 3.97. The normalized spacial score (nSPS) is 10.8. The van der Waals surface area contributed by atoms with Gasteiger partial charge in [-0.25, -0.2) is 5.43 Å². The molecule has 19 heavy (non-hydrogen) atoms. The maximum Gasteiger partial charge on any atom is 0.271 e. The first-order chi connectivity index (χ1) is 9.19. The zero-order chi connectivity index (χ0) is 13.7. The van der Waals surface area contributed by atoms with Crippen molar-refractivity contribution in [1.82, 2.24) is 5.43 Å². The van der Waals surface area contributed by atoms with Crippen LogP contribution in [0.2, 0.25) is 0 Å². The van der Waals surface area contributed by atoms with Crippen molar-refractivity contribution in [2.45, 2.75) is 13.3 Å². The van der Waals surface area contributed by atoms with Gasteiger partial charge in [-0.05, 0) is 36.4 Å². The SMILES string of the molecule is CCc1ccc(/C=N/NC(=O)c2ccc(O)cc2)o1. The summed E-state index contributed by atoms with van der Waals surface area (Å²) in [4.78, 5) is 11.7. The molecule has 5 heteroatoms. The van der Waals surface area contributed by atoms with Gasteiger partial charge in [0.05, 0.1) is 6.21 Å². The van der Waals surface area contributed by atoms with E-state index in [-0.39, 0.29) is 11.7 Å². The number of benzene rings is 1. The monoisotopic (exact) mass is 258 g/mol. The molecule has 0 aliphatic heterocycles. The summed E-state index contributed by atoms with van der Waals surface area (Å²) in [6, 6.07) is 9.57. The zero-order valence-corrected chi connectivity index (χ0v) is 10.5. The highest BCUT2D eigenvalue weighted by Gasteiger charge is 2.03. The first-order valence-electron chi connectivity index (χ1n) is 5.90. The van der Waals surface area contributed by atoms with E-state index in [1.54, 1.807) is 6.07 Å². The number of amides is 1. The summed E-state index contributed by atoms with van der Waals surface area (Å²) in [5.74, 6) is 1.22. The van der Waals surface area contributed by atoms with Crippen LogP contribution in [0.5, 0.6) is 5.75 Å². The van der Waals surface area contributed by atoms with E-state index in [0.29, 0.717) is 11.3 Å². The van der Waals surface area contributed by atoms with Crippen molar-refractivity contribution in [2.75, 3.05) is 0 Å². The van der Waals surface area contributed by atoms with Crippen molar-refractivity contribution >= 4 is 12.1 Å². The third-order valence-electron chi connectivity index (χ3n) is 2.52. The Balaban J connectivity index is 1.94. The lowest BCUT2D eigenvalue weighted by molar-refractivity contribution is 0.0955. The first kappa shape index (κ1) is 12.9. The van der Waals surface area contributed by atoms with Gasteiger partial charge < -0.3 is 9.52 Å². The fourth-order valence-electron chi connectivity index (χ4n) is 1.49. The number of furan rings is 1. The smallest absolute Gasteiger partial charge is 0.271 e. The Labute approximate surface area is 110 Å². The fourth-order valence-corrected chi connectivity index (χ4v) is 1.49. The second-order valence-electron chi connectivity index (χ2n) is 3.90. The predicted octanol–water partition coefficient (Wildman–Crippen LogP) is 2.31. The number of phenols is 1. The molecule has 0 saturated heterocycles. The quantitative estimate of drug-likeness (QED) is 0.652. The Morgan fingerprint density at radius 3 is 2.68 bits per heavy atom. The summed E-state index contributed by atoms with van der Waals surface area (Å²) in [6.07, 6.45) is 2.26. The minimum atomic E-state index is -0.349. The van der Waals surface area contributed by atoms with E-state index in [0.717, 1.165) is 12.2 Å². The van der Waals surface area contributed by atoms with Crippen molar-refractivity contribution in [3.8, 4) is 5.75 Å². The van der Waals surface area contributed by atoms with Crippen LogP contribution in [0.1, 0.15) is 28.8 Å². The Hall–Kier alpha value is -2.56. The molecule has 0 saturated carbocycles. The highest BCUT2D eigenvalue weighted by Crippen LogP contribution is 2.09. The molecule has 1 aromatic heterocycles. The second-order valence-corrected chi connectivity index (χ2v) is 3.90. The van der Waals surface area contributed by atoms with Gasteiger partial charge in [0.15, 0.2) is 0 Å².